The van der Waals surface area contributed by atoms with E-state index in [2.05, 4.69) is 15.7 Å². The smallest absolute Gasteiger partial charge is 0.298 e. The van der Waals surface area contributed by atoms with Crippen LogP contribution in [0.15, 0.2) is 121 Å². The van der Waals surface area contributed by atoms with Gasteiger partial charge in [0, 0.05) is 40.0 Å². The van der Waals surface area contributed by atoms with E-state index < -0.39 is 11.7 Å². The summed E-state index contributed by atoms with van der Waals surface area (Å²) in [4.78, 5) is 61.1. The van der Waals surface area contributed by atoms with Crippen molar-refractivity contribution in [3.63, 3.8) is 0 Å². The number of hydrogen-bond acceptors (Lipinski definition) is 8. The summed E-state index contributed by atoms with van der Waals surface area (Å²) in [6.07, 6.45) is 0. The zero-order valence-corrected chi connectivity index (χ0v) is 37.0. The first-order valence-electron chi connectivity index (χ1n) is 20.1. The molecule has 0 aliphatic carbocycles. The van der Waals surface area contributed by atoms with Crippen molar-refractivity contribution < 1.29 is 37.8 Å². The molecule has 63 heavy (non-hydrogen) atoms. The molecule has 3 amide bonds. The summed E-state index contributed by atoms with van der Waals surface area (Å²) in [5, 5.41) is 9.85. The molecule has 328 valence electrons. The van der Waals surface area contributed by atoms with E-state index in [0.29, 0.717) is 64.2 Å². The third-order valence-electron chi connectivity index (χ3n) is 9.25. The van der Waals surface area contributed by atoms with Crippen LogP contribution in [0.4, 0.5) is 10.1 Å². The molecule has 0 fully saturated rings. The number of aryl methyl sites for hydroxylation is 4. The fourth-order valence-corrected chi connectivity index (χ4v) is 6.20. The molecule has 0 spiro atoms. The van der Waals surface area contributed by atoms with E-state index in [-0.39, 0.29) is 30.3 Å². The molecule has 1 aromatic heterocycles. The van der Waals surface area contributed by atoms with Crippen LogP contribution in [-0.2, 0) is 11.3 Å². The average molecular weight is 876 g/mol. The number of aromatic nitrogens is 2. The Labute approximate surface area is 372 Å². The van der Waals surface area contributed by atoms with Gasteiger partial charge in [0.2, 0.25) is 0 Å². The van der Waals surface area contributed by atoms with Crippen molar-refractivity contribution in [3.05, 3.63) is 177 Å². The number of halogens is 2. The van der Waals surface area contributed by atoms with Gasteiger partial charge in [0.1, 0.15) is 11.6 Å². The largest absolute Gasteiger partial charge is 0.494 e. The highest BCUT2D eigenvalue weighted by molar-refractivity contribution is 6.31. The lowest BCUT2D eigenvalue weighted by Crippen LogP contribution is -2.36. The maximum Gasteiger partial charge on any atom is 0.298 e. The van der Waals surface area contributed by atoms with Gasteiger partial charge in [-0.25, -0.2) is 9.07 Å². The molecular weight excluding hydrogens is 825 g/mol. The third-order valence-corrected chi connectivity index (χ3v) is 9.48. The number of carbonyl (C=O) groups excluding carboxylic acids is 5. The first kappa shape index (κ1) is 48.5. The van der Waals surface area contributed by atoms with Crippen LogP contribution in [0.2, 0.25) is 5.02 Å². The van der Waals surface area contributed by atoms with Crippen LogP contribution in [-0.4, -0.2) is 64.0 Å². The van der Waals surface area contributed by atoms with Crippen LogP contribution in [0, 0.1) is 33.5 Å². The first-order chi connectivity index (χ1) is 30.1. The molecule has 14 heteroatoms. The van der Waals surface area contributed by atoms with E-state index >= 15 is 0 Å². The van der Waals surface area contributed by atoms with E-state index in [1.165, 1.54) is 28.9 Å². The van der Waals surface area contributed by atoms with Gasteiger partial charge in [-0.1, -0.05) is 54.1 Å². The van der Waals surface area contributed by atoms with Gasteiger partial charge in [-0.15, -0.1) is 0 Å². The summed E-state index contributed by atoms with van der Waals surface area (Å²) in [7, 11) is 0. The fraction of sp³-hybridized carbons (Fsp3) is 0.224. The molecule has 5 aromatic carbocycles. The molecule has 2 N–H and O–H groups in total. The number of amides is 3. The van der Waals surface area contributed by atoms with E-state index in [1.807, 2.05) is 82.0 Å². The van der Waals surface area contributed by atoms with Crippen molar-refractivity contribution in [2.75, 3.05) is 18.5 Å². The number of anilines is 1. The molecule has 0 bridgehead atoms. The van der Waals surface area contributed by atoms with Crippen molar-refractivity contribution in [3.8, 4) is 11.5 Å². The Kier molecular flexibility index (Phi) is 18.3. The van der Waals surface area contributed by atoms with Gasteiger partial charge in [-0.2, -0.15) is 5.10 Å². The second-order valence-corrected chi connectivity index (χ2v) is 15.0. The maximum atomic E-state index is 12.8. The molecule has 6 rings (SSSR count). The Hall–Kier alpha value is -7.12. The fourth-order valence-electron chi connectivity index (χ4n) is 6.02. The lowest BCUT2D eigenvalue weighted by Gasteiger charge is -2.27. The highest BCUT2D eigenvalue weighted by Gasteiger charge is 2.21. The molecule has 0 saturated heterocycles. The van der Waals surface area contributed by atoms with Crippen LogP contribution in [0.1, 0.15) is 84.7 Å². The third kappa shape index (κ3) is 14.8. The summed E-state index contributed by atoms with van der Waals surface area (Å²) >= 11 is 6.03. The Morgan fingerprint density at radius 2 is 1.48 bits per heavy atom. The maximum absolute atomic E-state index is 12.8. The van der Waals surface area contributed by atoms with Gasteiger partial charge in [-0.05, 0) is 144 Å². The molecule has 0 atom stereocenters. The predicted molar refractivity (Wildman–Crippen MR) is 242 cm³/mol. The molecular formula is C49H51ClFN5O7. The van der Waals surface area contributed by atoms with Crippen molar-refractivity contribution in [1.82, 2.24) is 20.0 Å². The normalized spacial score (nSPS) is 10.3. The van der Waals surface area contributed by atoms with E-state index in [1.54, 1.807) is 68.4 Å². The topological polar surface area (TPSA) is 149 Å². The van der Waals surface area contributed by atoms with Crippen molar-refractivity contribution >= 4 is 47.4 Å². The van der Waals surface area contributed by atoms with Crippen LogP contribution in [0.25, 0.3) is 0 Å². The van der Waals surface area contributed by atoms with Crippen LogP contribution < -0.4 is 20.1 Å². The average Bonchev–Trinajstić information content (AvgIpc) is 3.61. The zero-order valence-electron chi connectivity index (χ0n) is 36.3. The summed E-state index contributed by atoms with van der Waals surface area (Å²) in [6, 6.07) is 34.5. The Morgan fingerprint density at radius 1 is 0.825 bits per heavy atom. The molecule has 12 nitrogen and oxygen atoms in total. The van der Waals surface area contributed by atoms with Gasteiger partial charge in [-0.3, -0.25) is 24.0 Å². The Balaban J connectivity index is 0.000000208. The summed E-state index contributed by atoms with van der Waals surface area (Å²) < 4.78 is 24.2. The number of rotatable bonds is 13. The second kappa shape index (κ2) is 23.8. The van der Waals surface area contributed by atoms with Gasteiger partial charge in [0.15, 0.2) is 5.75 Å². The zero-order chi connectivity index (χ0) is 46.1. The molecule has 0 unspecified atom stereocenters. The highest BCUT2D eigenvalue weighted by atomic mass is 35.5. The van der Waals surface area contributed by atoms with Gasteiger partial charge < -0.3 is 25.0 Å². The number of ether oxygens (including phenoxy) is 2. The summed E-state index contributed by atoms with van der Waals surface area (Å²) in [5.41, 5.74) is 6.37. The standard InChI is InChI=1S/C18H20ClNO.C17H17NO4.C14H14FN3O2/c1-13(2)20(12-15-7-5-4-6-8-15)18(21)17-11-16(19)10-9-14(17)3;1-3-21-14-7-5-13(6-8-14)17(20)18-15-10-12(2)4-9-16(15)22-11-19;1-9-7-10(2)18(17-9)13(19)8-16-14(20)11-3-5-12(15)6-4-11/h4-11,13H,12H2,1-3H3;4-11H,3H2,1-2H3,(H,18,20);3-7H,8H2,1-2H3,(H,16,20). The van der Waals surface area contributed by atoms with Crippen molar-refractivity contribution in [1.29, 1.82) is 0 Å². The predicted octanol–water partition coefficient (Wildman–Crippen LogP) is 9.59. The minimum atomic E-state index is -0.431. The monoisotopic (exact) mass is 875 g/mol. The Bertz CT molecular complexity index is 2490. The molecule has 0 aliphatic heterocycles. The molecule has 0 aliphatic rings. The van der Waals surface area contributed by atoms with Crippen LogP contribution in [0.3, 0.4) is 0 Å². The van der Waals surface area contributed by atoms with E-state index in [9.17, 15) is 28.4 Å². The summed E-state index contributed by atoms with van der Waals surface area (Å²) in [5.74, 6) is -0.427. The highest BCUT2D eigenvalue weighted by Crippen LogP contribution is 2.26. The quantitative estimate of drug-likeness (QED) is 0.109. The summed E-state index contributed by atoms with van der Waals surface area (Å²) in [6.45, 7) is 14.7. The van der Waals surface area contributed by atoms with Crippen molar-refractivity contribution in [2.45, 2.75) is 61.1 Å². The minimum Gasteiger partial charge on any atom is -0.494 e. The molecule has 6 aromatic rings. The molecule has 0 radical (unpaired) electrons. The number of nitrogens with one attached hydrogen (secondary N) is 2. The van der Waals surface area contributed by atoms with Crippen LogP contribution in [0.5, 0.6) is 11.5 Å². The van der Waals surface area contributed by atoms with E-state index in [4.69, 9.17) is 21.1 Å². The van der Waals surface area contributed by atoms with Gasteiger partial charge in [0.25, 0.3) is 30.1 Å². The number of nitrogens with zero attached hydrogens (tertiary/aromatic N) is 3. The Morgan fingerprint density at radius 3 is 2.08 bits per heavy atom. The van der Waals surface area contributed by atoms with Crippen molar-refractivity contribution in [2.24, 2.45) is 0 Å². The SMILES string of the molecule is CCOc1ccc(C(=O)Nc2cc(C)ccc2OC=O)cc1.Cc1cc(C)n(C(=O)CNC(=O)c2ccc(F)cc2)n1.Cc1ccc(Cl)cc1C(=O)N(Cc1ccccc1)C(C)C. The number of benzene rings is 5. The lowest BCUT2D eigenvalue weighted by atomic mass is 10.1. The molecule has 0 saturated carbocycles. The molecule has 1 heterocycles. The van der Waals surface area contributed by atoms with E-state index in [0.717, 1.165) is 22.4 Å². The van der Waals surface area contributed by atoms with Crippen LogP contribution >= 0.6 is 11.6 Å². The second-order valence-electron chi connectivity index (χ2n) is 14.5. The first-order valence-corrected chi connectivity index (χ1v) is 20.4. The van der Waals surface area contributed by atoms with Gasteiger partial charge in [0.05, 0.1) is 24.5 Å². The minimum absolute atomic E-state index is 0.0221. The van der Waals surface area contributed by atoms with Gasteiger partial charge >= 0.3 is 0 Å². The lowest BCUT2D eigenvalue weighted by molar-refractivity contribution is -0.120. The number of hydrogen-bond donors (Lipinski definition) is 2. The number of carbonyl (C=O) groups is 5.